The Morgan fingerprint density at radius 1 is 1.15 bits per heavy atom. The molecule has 1 atom stereocenters. The number of carbonyl (C=O) groups excluding carboxylic acids is 2. The van der Waals surface area contributed by atoms with Crippen LogP contribution in [-0.2, 0) is 9.59 Å². The lowest BCUT2D eigenvalue weighted by Gasteiger charge is -2.23. The molecule has 1 N–H and O–H groups in total. The lowest BCUT2D eigenvalue weighted by atomic mass is 9.95. The van der Waals surface area contributed by atoms with Crippen LogP contribution in [0.25, 0.3) is 5.76 Å². The molecule has 0 spiro atoms. The van der Waals surface area contributed by atoms with Gasteiger partial charge in [-0.05, 0) is 62.7 Å². The summed E-state index contributed by atoms with van der Waals surface area (Å²) in [6.45, 7) is 5.98. The van der Waals surface area contributed by atoms with E-state index in [1.54, 1.807) is 31.2 Å². The average molecular weight is 480 g/mol. The van der Waals surface area contributed by atoms with Gasteiger partial charge in [0.05, 0.1) is 28.8 Å². The number of thiazole rings is 1. The highest BCUT2D eigenvalue weighted by atomic mass is 32.1. The monoisotopic (exact) mass is 479 g/mol. The Hall–Kier alpha value is -4.05. The van der Waals surface area contributed by atoms with Gasteiger partial charge in [0.2, 0.25) is 0 Å². The number of nitrogens with zero attached hydrogens (tertiary/aromatic N) is 3. The molecule has 34 heavy (non-hydrogen) atoms. The van der Waals surface area contributed by atoms with E-state index < -0.39 is 22.7 Å². The highest BCUT2D eigenvalue weighted by Gasteiger charge is 2.48. The second kappa shape index (κ2) is 9.06. The van der Waals surface area contributed by atoms with Crippen LogP contribution in [0.4, 0.5) is 10.8 Å². The van der Waals surface area contributed by atoms with E-state index in [2.05, 4.69) is 4.98 Å². The van der Waals surface area contributed by atoms with Gasteiger partial charge in [-0.25, -0.2) is 4.98 Å². The van der Waals surface area contributed by atoms with Crippen LogP contribution in [0.5, 0.6) is 5.75 Å². The zero-order valence-corrected chi connectivity index (χ0v) is 19.5. The number of aliphatic hydroxyl groups excluding tert-OH is 1. The van der Waals surface area contributed by atoms with Gasteiger partial charge in [-0.2, -0.15) is 0 Å². The Bertz CT molecular complexity index is 1290. The smallest absolute Gasteiger partial charge is 0.301 e. The first kappa shape index (κ1) is 23.1. The number of benzene rings is 2. The van der Waals surface area contributed by atoms with Gasteiger partial charge in [0, 0.05) is 22.6 Å². The fourth-order valence-corrected chi connectivity index (χ4v) is 4.65. The molecule has 10 heteroatoms. The molecule has 0 radical (unpaired) electrons. The third kappa shape index (κ3) is 4.03. The molecule has 2 heterocycles. The molecule has 1 aliphatic rings. The zero-order valence-electron chi connectivity index (χ0n) is 18.6. The van der Waals surface area contributed by atoms with E-state index in [0.717, 1.165) is 10.6 Å². The quantitative estimate of drug-likeness (QED) is 0.179. The Morgan fingerprint density at radius 3 is 2.32 bits per heavy atom. The summed E-state index contributed by atoms with van der Waals surface area (Å²) >= 11 is 1.25. The molecule has 9 nitrogen and oxygen atoms in total. The van der Waals surface area contributed by atoms with Crippen molar-refractivity contribution in [2.45, 2.75) is 26.8 Å². The van der Waals surface area contributed by atoms with Crippen molar-refractivity contribution in [1.29, 1.82) is 0 Å². The van der Waals surface area contributed by atoms with Gasteiger partial charge in [-0.15, -0.1) is 11.3 Å². The normalized spacial score (nSPS) is 17.3. The van der Waals surface area contributed by atoms with Gasteiger partial charge in [0.1, 0.15) is 11.5 Å². The summed E-state index contributed by atoms with van der Waals surface area (Å²) in [6.07, 6.45) is 0. The summed E-state index contributed by atoms with van der Waals surface area (Å²) < 4.78 is 5.42. The fourth-order valence-electron chi connectivity index (χ4n) is 3.71. The Labute approximate surface area is 199 Å². The van der Waals surface area contributed by atoms with Crippen molar-refractivity contribution in [2.75, 3.05) is 11.5 Å². The van der Waals surface area contributed by atoms with Gasteiger partial charge in [-0.1, -0.05) is 0 Å². The number of aryl methyl sites for hydroxylation is 2. The molecule has 0 unspecified atom stereocenters. The number of anilines is 1. The second-order valence-corrected chi connectivity index (χ2v) is 8.79. The summed E-state index contributed by atoms with van der Waals surface area (Å²) in [6, 6.07) is 11.0. The summed E-state index contributed by atoms with van der Waals surface area (Å²) in [5.41, 5.74) is 1.24. The largest absolute Gasteiger partial charge is 0.507 e. The second-order valence-electron chi connectivity index (χ2n) is 7.61. The highest BCUT2D eigenvalue weighted by molar-refractivity contribution is 7.16. The molecule has 0 aliphatic carbocycles. The van der Waals surface area contributed by atoms with Crippen molar-refractivity contribution >= 4 is 39.6 Å². The summed E-state index contributed by atoms with van der Waals surface area (Å²) in [4.78, 5) is 43.4. The van der Waals surface area contributed by atoms with Crippen molar-refractivity contribution in [2.24, 2.45) is 0 Å². The van der Waals surface area contributed by atoms with E-state index in [1.807, 2.05) is 13.8 Å². The van der Waals surface area contributed by atoms with Crippen molar-refractivity contribution in [3.05, 3.63) is 85.9 Å². The van der Waals surface area contributed by atoms with Crippen LogP contribution in [-0.4, -0.2) is 33.3 Å². The minimum absolute atomic E-state index is 0.117. The molecule has 2 aromatic carbocycles. The predicted molar refractivity (Wildman–Crippen MR) is 127 cm³/mol. The van der Waals surface area contributed by atoms with Crippen LogP contribution in [0, 0.1) is 24.0 Å². The van der Waals surface area contributed by atoms with Crippen molar-refractivity contribution in [1.82, 2.24) is 4.98 Å². The number of hydrogen-bond donors (Lipinski definition) is 1. The SMILES string of the molecule is CCOc1ccc(/C(O)=C2\C(=O)C(=O)N(c3nc(C)c(C)s3)[C@@H]2c2ccc([N+](=O)[O-])cc2)cc1. The zero-order chi connectivity index (χ0) is 24.6. The lowest BCUT2D eigenvalue weighted by molar-refractivity contribution is -0.384. The van der Waals surface area contributed by atoms with Crippen molar-refractivity contribution in [3.8, 4) is 5.75 Å². The topological polar surface area (TPSA) is 123 Å². The third-order valence-corrected chi connectivity index (χ3v) is 6.60. The van der Waals surface area contributed by atoms with Crippen molar-refractivity contribution in [3.63, 3.8) is 0 Å². The predicted octanol–water partition coefficient (Wildman–Crippen LogP) is 4.69. The molecule has 0 saturated carbocycles. The molecule has 1 aliphatic heterocycles. The first-order valence-electron chi connectivity index (χ1n) is 10.5. The Morgan fingerprint density at radius 2 is 1.79 bits per heavy atom. The number of hydrogen-bond acceptors (Lipinski definition) is 8. The Balaban J connectivity index is 1.89. The molecule has 174 valence electrons. The van der Waals surface area contributed by atoms with E-state index in [9.17, 15) is 24.8 Å². The average Bonchev–Trinajstić information content (AvgIpc) is 3.29. The molecular formula is C24H21N3O6S. The number of non-ortho nitro benzene ring substituents is 1. The van der Waals surface area contributed by atoms with Crippen LogP contribution >= 0.6 is 11.3 Å². The number of aromatic nitrogens is 1. The summed E-state index contributed by atoms with van der Waals surface area (Å²) in [5.74, 6) is -1.44. The van der Waals surface area contributed by atoms with Crippen LogP contribution < -0.4 is 9.64 Å². The first-order valence-corrected chi connectivity index (χ1v) is 11.3. The molecule has 3 aromatic rings. The van der Waals surface area contributed by atoms with Crippen molar-refractivity contribution < 1.29 is 24.4 Å². The van der Waals surface area contributed by atoms with Gasteiger partial charge in [0.15, 0.2) is 5.13 Å². The van der Waals surface area contributed by atoms with E-state index in [-0.39, 0.29) is 17.0 Å². The van der Waals surface area contributed by atoms with Crippen LogP contribution in [0.15, 0.2) is 54.1 Å². The molecule has 1 saturated heterocycles. The van der Waals surface area contributed by atoms with Crippen LogP contribution in [0.2, 0.25) is 0 Å². The van der Waals surface area contributed by atoms with Gasteiger partial charge in [0.25, 0.3) is 11.5 Å². The highest BCUT2D eigenvalue weighted by Crippen LogP contribution is 2.44. The maximum atomic E-state index is 13.2. The summed E-state index contributed by atoms with van der Waals surface area (Å²) in [7, 11) is 0. The van der Waals surface area contributed by atoms with E-state index in [1.165, 1.54) is 40.5 Å². The minimum Gasteiger partial charge on any atom is -0.507 e. The molecule has 1 amide bonds. The number of aliphatic hydroxyl groups is 1. The lowest BCUT2D eigenvalue weighted by Crippen LogP contribution is -2.29. The molecule has 1 fully saturated rings. The van der Waals surface area contributed by atoms with Gasteiger partial charge in [-0.3, -0.25) is 24.6 Å². The first-order chi connectivity index (χ1) is 16.2. The number of nitro benzene ring substituents is 1. The van der Waals surface area contributed by atoms with E-state index in [0.29, 0.717) is 28.6 Å². The number of ether oxygens (including phenoxy) is 1. The number of nitro groups is 1. The maximum absolute atomic E-state index is 13.2. The van der Waals surface area contributed by atoms with Crippen LogP contribution in [0.3, 0.4) is 0 Å². The molecular weight excluding hydrogens is 458 g/mol. The number of amides is 1. The number of ketones is 1. The van der Waals surface area contributed by atoms with E-state index >= 15 is 0 Å². The van der Waals surface area contributed by atoms with E-state index in [4.69, 9.17) is 4.74 Å². The molecule has 4 rings (SSSR count). The van der Waals surface area contributed by atoms with Gasteiger partial charge < -0.3 is 9.84 Å². The standard InChI is InChI=1S/C24H21N3O6S/c1-4-33-18-11-7-16(8-12-18)21(28)19-20(15-5-9-17(10-6-15)27(31)32)26(23(30)22(19)29)24-25-13(2)14(3)34-24/h5-12,20,28H,4H2,1-3H3/b21-19+/t20-/m1/s1. The summed E-state index contributed by atoms with van der Waals surface area (Å²) in [5, 5.41) is 22.6. The maximum Gasteiger partial charge on any atom is 0.301 e. The number of carbonyl (C=O) groups is 2. The van der Waals surface area contributed by atoms with Crippen LogP contribution in [0.1, 0.15) is 34.7 Å². The molecule has 1 aromatic heterocycles. The Kier molecular flexibility index (Phi) is 6.16. The molecule has 0 bridgehead atoms. The number of Topliss-reactive ketones (excluding diaryl/α,β-unsaturated/α-hetero) is 1. The van der Waals surface area contributed by atoms with Gasteiger partial charge >= 0.3 is 5.91 Å². The third-order valence-electron chi connectivity index (χ3n) is 5.53. The number of rotatable bonds is 6. The minimum atomic E-state index is -1.00. The fraction of sp³-hybridized carbons (Fsp3) is 0.208.